The Hall–Kier alpha value is -3.35. The molecule has 0 bridgehead atoms. The van der Waals surface area contributed by atoms with Gasteiger partial charge in [-0.15, -0.1) is 0 Å². The van der Waals surface area contributed by atoms with E-state index < -0.39 is 29.8 Å². The molecule has 2 aromatic carbocycles. The second-order valence-electron chi connectivity index (χ2n) is 6.53. The van der Waals surface area contributed by atoms with E-state index >= 15 is 0 Å². The topological polar surface area (TPSA) is 91.4 Å². The van der Waals surface area contributed by atoms with Crippen molar-refractivity contribution in [2.45, 2.75) is 25.0 Å². The van der Waals surface area contributed by atoms with E-state index in [1.807, 2.05) is 24.3 Å². The van der Waals surface area contributed by atoms with Crippen LogP contribution in [-0.2, 0) is 22.4 Å². The number of para-hydroxylation sites is 1. The molecule has 1 aliphatic heterocycles. The lowest BCUT2D eigenvalue weighted by Crippen LogP contribution is -2.47. The first-order chi connectivity index (χ1) is 13.0. The zero-order chi connectivity index (χ0) is 19.0. The molecule has 1 aliphatic rings. The van der Waals surface area contributed by atoms with E-state index in [0.29, 0.717) is 11.3 Å². The van der Waals surface area contributed by atoms with Gasteiger partial charge < -0.3 is 20.1 Å². The van der Waals surface area contributed by atoms with Gasteiger partial charge >= 0.3 is 5.97 Å². The molecule has 0 saturated carbocycles. The number of nitrogens with one attached hydrogen (secondary N) is 2. The maximum absolute atomic E-state index is 13.3. The third kappa shape index (κ3) is 3.36. The summed E-state index contributed by atoms with van der Waals surface area (Å²) in [6.45, 7) is 0. The lowest BCUT2D eigenvalue weighted by Gasteiger charge is -2.17. The molecule has 0 spiro atoms. The minimum Gasteiger partial charge on any atom is -0.480 e. The van der Waals surface area contributed by atoms with Gasteiger partial charge in [0.15, 0.2) is 6.10 Å². The van der Waals surface area contributed by atoms with E-state index in [1.165, 1.54) is 18.2 Å². The summed E-state index contributed by atoms with van der Waals surface area (Å²) >= 11 is 0. The first-order valence-corrected chi connectivity index (χ1v) is 8.54. The van der Waals surface area contributed by atoms with Crippen LogP contribution in [0, 0.1) is 5.82 Å². The van der Waals surface area contributed by atoms with Crippen LogP contribution >= 0.6 is 0 Å². The Kier molecular flexibility index (Phi) is 4.27. The molecular formula is C20H17FN2O4. The molecule has 2 heterocycles. The number of carbonyl (C=O) groups is 2. The van der Waals surface area contributed by atoms with Crippen LogP contribution in [0.4, 0.5) is 4.39 Å². The van der Waals surface area contributed by atoms with Crippen molar-refractivity contribution in [3.8, 4) is 5.75 Å². The van der Waals surface area contributed by atoms with Gasteiger partial charge in [-0.05, 0) is 29.8 Å². The quantitative estimate of drug-likeness (QED) is 0.645. The van der Waals surface area contributed by atoms with Gasteiger partial charge in [-0.2, -0.15) is 0 Å². The zero-order valence-electron chi connectivity index (χ0n) is 14.2. The smallest absolute Gasteiger partial charge is 0.326 e. The summed E-state index contributed by atoms with van der Waals surface area (Å²) in [5.74, 6) is -1.62. The Morgan fingerprint density at radius 3 is 2.93 bits per heavy atom. The van der Waals surface area contributed by atoms with E-state index in [1.54, 1.807) is 6.20 Å². The largest absolute Gasteiger partial charge is 0.480 e. The standard InChI is InChI=1S/C20H17FN2O4/c21-13-5-6-17-11(7-13)9-18(27-17)19(24)23-16(20(25)26)8-12-10-22-15-4-2-1-3-14(12)15/h1-7,10,16,18,22H,8-9H2,(H,23,24)(H,25,26). The van der Waals surface area contributed by atoms with Crippen molar-refractivity contribution in [1.82, 2.24) is 10.3 Å². The minimum atomic E-state index is -1.13. The van der Waals surface area contributed by atoms with Crippen LogP contribution < -0.4 is 10.1 Å². The van der Waals surface area contributed by atoms with Crippen molar-refractivity contribution in [3.63, 3.8) is 0 Å². The number of aromatic nitrogens is 1. The van der Waals surface area contributed by atoms with Gasteiger partial charge in [0.2, 0.25) is 0 Å². The van der Waals surface area contributed by atoms with E-state index in [-0.39, 0.29) is 12.8 Å². The van der Waals surface area contributed by atoms with Crippen molar-refractivity contribution in [2.24, 2.45) is 0 Å². The van der Waals surface area contributed by atoms with Crippen LogP contribution in [-0.4, -0.2) is 34.1 Å². The van der Waals surface area contributed by atoms with Gasteiger partial charge in [0.25, 0.3) is 5.91 Å². The summed E-state index contributed by atoms with van der Waals surface area (Å²) in [6.07, 6.45) is 1.22. The number of amides is 1. The Morgan fingerprint density at radius 1 is 1.30 bits per heavy atom. The lowest BCUT2D eigenvalue weighted by atomic mass is 10.0. The maximum Gasteiger partial charge on any atom is 0.326 e. The highest BCUT2D eigenvalue weighted by Crippen LogP contribution is 2.29. The summed E-state index contributed by atoms with van der Waals surface area (Å²) in [6, 6.07) is 10.5. The van der Waals surface area contributed by atoms with E-state index in [0.717, 1.165) is 16.5 Å². The van der Waals surface area contributed by atoms with Crippen molar-refractivity contribution in [2.75, 3.05) is 0 Å². The van der Waals surface area contributed by atoms with Crippen LogP contribution in [0.3, 0.4) is 0 Å². The predicted molar refractivity (Wildman–Crippen MR) is 96.1 cm³/mol. The number of aromatic amines is 1. The summed E-state index contributed by atoms with van der Waals surface area (Å²) in [5, 5.41) is 13.0. The minimum absolute atomic E-state index is 0.138. The molecular weight excluding hydrogens is 351 g/mol. The molecule has 0 radical (unpaired) electrons. The number of rotatable bonds is 5. The molecule has 3 aromatic rings. The van der Waals surface area contributed by atoms with Gasteiger partial charge in [-0.1, -0.05) is 18.2 Å². The number of hydrogen-bond acceptors (Lipinski definition) is 3. The first-order valence-electron chi connectivity index (χ1n) is 8.54. The third-order valence-electron chi connectivity index (χ3n) is 4.70. The van der Waals surface area contributed by atoms with Crippen molar-refractivity contribution in [3.05, 3.63) is 65.6 Å². The highest BCUT2D eigenvalue weighted by molar-refractivity contribution is 5.89. The normalized spacial score (nSPS) is 16.6. The Balaban J connectivity index is 1.47. The first kappa shape index (κ1) is 17.1. The van der Waals surface area contributed by atoms with Gasteiger partial charge in [-0.3, -0.25) is 4.79 Å². The van der Waals surface area contributed by atoms with E-state index in [4.69, 9.17) is 4.74 Å². The number of fused-ring (bicyclic) bond motifs is 2. The number of benzene rings is 2. The molecule has 6 nitrogen and oxygen atoms in total. The van der Waals surface area contributed by atoms with Crippen LogP contribution in [0.1, 0.15) is 11.1 Å². The van der Waals surface area contributed by atoms with E-state index in [9.17, 15) is 19.1 Å². The molecule has 3 N–H and O–H groups in total. The SMILES string of the molecule is O=C(O)C(Cc1c[nH]c2ccccc12)NC(=O)C1Cc2cc(F)ccc2O1. The van der Waals surface area contributed by atoms with Crippen LogP contribution in [0.15, 0.2) is 48.7 Å². The molecule has 0 saturated heterocycles. The fourth-order valence-electron chi connectivity index (χ4n) is 3.35. The van der Waals surface area contributed by atoms with Gasteiger partial charge in [-0.25, -0.2) is 9.18 Å². The fourth-order valence-corrected chi connectivity index (χ4v) is 3.35. The van der Waals surface area contributed by atoms with Crippen molar-refractivity contribution >= 4 is 22.8 Å². The molecule has 4 rings (SSSR count). The molecule has 0 aliphatic carbocycles. The molecule has 2 atom stereocenters. The highest BCUT2D eigenvalue weighted by Gasteiger charge is 2.32. The second-order valence-corrected chi connectivity index (χ2v) is 6.53. The molecule has 7 heteroatoms. The molecule has 27 heavy (non-hydrogen) atoms. The van der Waals surface area contributed by atoms with Crippen LogP contribution in [0.2, 0.25) is 0 Å². The number of aliphatic carboxylic acids is 1. The monoisotopic (exact) mass is 368 g/mol. The number of carbonyl (C=O) groups excluding carboxylic acids is 1. The molecule has 138 valence electrons. The van der Waals surface area contributed by atoms with Gasteiger partial charge in [0.05, 0.1) is 0 Å². The van der Waals surface area contributed by atoms with Crippen LogP contribution in [0.25, 0.3) is 10.9 Å². The summed E-state index contributed by atoms with van der Waals surface area (Å²) in [4.78, 5) is 27.3. The van der Waals surface area contributed by atoms with Crippen molar-refractivity contribution in [1.29, 1.82) is 0 Å². The van der Waals surface area contributed by atoms with Gasteiger partial charge in [0.1, 0.15) is 17.6 Å². The summed E-state index contributed by atoms with van der Waals surface area (Å²) in [7, 11) is 0. The average Bonchev–Trinajstić information content (AvgIpc) is 3.25. The second kappa shape index (κ2) is 6.75. The zero-order valence-corrected chi connectivity index (χ0v) is 14.2. The molecule has 2 unspecified atom stereocenters. The number of halogens is 1. The summed E-state index contributed by atoms with van der Waals surface area (Å²) < 4.78 is 18.8. The fraction of sp³-hybridized carbons (Fsp3) is 0.200. The average molecular weight is 368 g/mol. The van der Waals surface area contributed by atoms with Gasteiger partial charge in [0, 0.05) is 35.5 Å². The Morgan fingerprint density at radius 2 is 2.11 bits per heavy atom. The number of carboxylic acids is 1. The lowest BCUT2D eigenvalue weighted by molar-refractivity contribution is -0.142. The Labute approximate surface area is 154 Å². The maximum atomic E-state index is 13.3. The molecule has 1 amide bonds. The Bertz CT molecular complexity index is 1030. The molecule has 1 aromatic heterocycles. The third-order valence-corrected chi connectivity index (χ3v) is 4.70. The number of H-pyrrole nitrogens is 1. The highest BCUT2D eigenvalue weighted by atomic mass is 19.1. The number of hydrogen-bond donors (Lipinski definition) is 3. The number of carboxylic acid groups (broad SMARTS) is 1. The molecule has 0 fully saturated rings. The number of ether oxygens (including phenoxy) is 1. The van der Waals surface area contributed by atoms with E-state index in [2.05, 4.69) is 10.3 Å². The van der Waals surface area contributed by atoms with Crippen molar-refractivity contribution < 1.29 is 23.8 Å². The van der Waals surface area contributed by atoms with Crippen LogP contribution in [0.5, 0.6) is 5.75 Å². The summed E-state index contributed by atoms with van der Waals surface area (Å²) in [5.41, 5.74) is 2.30. The predicted octanol–water partition coefficient (Wildman–Crippen LogP) is 2.42.